The molecule has 0 saturated heterocycles. The first kappa shape index (κ1) is 15.9. The van der Waals surface area contributed by atoms with Crippen molar-refractivity contribution in [2.45, 2.75) is 18.8 Å². The summed E-state index contributed by atoms with van der Waals surface area (Å²) in [7, 11) is 0. The van der Waals surface area contributed by atoms with Gasteiger partial charge in [-0.25, -0.2) is 0 Å². The van der Waals surface area contributed by atoms with Crippen molar-refractivity contribution in [1.29, 1.82) is 0 Å². The lowest BCUT2D eigenvalue weighted by molar-refractivity contribution is 0.401. The van der Waals surface area contributed by atoms with Crippen LogP contribution in [0.25, 0.3) is 0 Å². The first-order valence-electron chi connectivity index (χ1n) is 7.95. The molecule has 0 radical (unpaired) electrons. The smallest absolute Gasteiger partial charge is 0.157 e. The molecule has 0 aliphatic rings. The molecule has 0 aromatic heterocycles. The summed E-state index contributed by atoms with van der Waals surface area (Å²) in [5, 5.41) is 29.3. The number of hydrogen-bond donors (Lipinski definition) is 3. The molecule has 3 rings (SSSR count). The lowest BCUT2D eigenvalue weighted by Crippen LogP contribution is -2.28. The molecule has 1 unspecified atom stereocenters. The van der Waals surface area contributed by atoms with Gasteiger partial charge in [0.2, 0.25) is 0 Å². The number of hydrogen-bond acceptors (Lipinski definition) is 3. The van der Waals surface area contributed by atoms with E-state index in [-0.39, 0.29) is 17.2 Å². The van der Waals surface area contributed by atoms with Gasteiger partial charge in [-0.3, -0.25) is 0 Å². The fourth-order valence-corrected chi connectivity index (χ4v) is 3.37. The fraction of sp³-hybridized carbons (Fsp3) is 0.143. The topological polar surface area (TPSA) is 60.7 Å². The first-order chi connectivity index (χ1) is 11.6. The minimum absolute atomic E-state index is 0.137. The molecule has 122 valence electrons. The molecule has 3 nitrogen and oxygen atoms in total. The van der Waals surface area contributed by atoms with Crippen LogP contribution in [0.2, 0.25) is 0 Å². The highest BCUT2D eigenvalue weighted by atomic mass is 16.3. The van der Waals surface area contributed by atoms with Gasteiger partial charge in [-0.1, -0.05) is 55.5 Å². The van der Waals surface area contributed by atoms with Gasteiger partial charge in [0.1, 0.15) is 5.75 Å². The SMILES string of the molecule is CCC(c1ccccc1)(c1ccc(O)cc1)c1ccc(O)c(O)c1. The van der Waals surface area contributed by atoms with Crippen molar-refractivity contribution in [1.82, 2.24) is 0 Å². The highest BCUT2D eigenvalue weighted by Gasteiger charge is 2.35. The van der Waals surface area contributed by atoms with Crippen LogP contribution in [0.5, 0.6) is 17.2 Å². The van der Waals surface area contributed by atoms with Gasteiger partial charge in [0, 0.05) is 5.41 Å². The molecule has 0 spiro atoms. The van der Waals surface area contributed by atoms with E-state index in [0.29, 0.717) is 0 Å². The van der Waals surface area contributed by atoms with Crippen LogP contribution in [0, 0.1) is 0 Å². The largest absolute Gasteiger partial charge is 0.508 e. The Labute approximate surface area is 141 Å². The number of aromatic hydroxyl groups is 3. The van der Waals surface area contributed by atoms with Gasteiger partial charge in [-0.2, -0.15) is 0 Å². The molecule has 3 N–H and O–H groups in total. The zero-order valence-corrected chi connectivity index (χ0v) is 13.5. The molecule has 0 amide bonds. The molecule has 0 bridgehead atoms. The second-order valence-corrected chi connectivity index (χ2v) is 5.88. The Kier molecular flexibility index (Phi) is 4.17. The predicted molar refractivity (Wildman–Crippen MR) is 94.5 cm³/mol. The minimum atomic E-state index is -0.486. The summed E-state index contributed by atoms with van der Waals surface area (Å²) in [5.74, 6) is -0.0621. The molecule has 3 heteroatoms. The van der Waals surface area contributed by atoms with E-state index >= 15 is 0 Å². The summed E-state index contributed by atoms with van der Waals surface area (Å²) in [6.07, 6.45) is 0.756. The Bertz CT molecular complexity index is 825. The van der Waals surface area contributed by atoms with Crippen LogP contribution in [0.1, 0.15) is 30.0 Å². The highest BCUT2D eigenvalue weighted by Crippen LogP contribution is 2.44. The first-order valence-corrected chi connectivity index (χ1v) is 7.95. The Balaban J connectivity index is 2.30. The Morgan fingerprint density at radius 1 is 0.667 bits per heavy atom. The van der Waals surface area contributed by atoms with Gasteiger partial charge >= 0.3 is 0 Å². The zero-order chi connectivity index (χ0) is 17.2. The zero-order valence-electron chi connectivity index (χ0n) is 13.5. The van der Waals surface area contributed by atoms with E-state index < -0.39 is 5.41 Å². The van der Waals surface area contributed by atoms with Gasteiger partial charge in [0.25, 0.3) is 0 Å². The maximum atomic E-state index is 10.0. The maximum Gasteiger partial charge on any atom is 0.157 e. The highest BCUT2D eigenvalue weighted by molar-refractivity contribution is 5.54. The van der Waals surface area contributed by atoms with E-state index in [9.17, 15) is 15.3 Å². The summed E-state index contributed by atoms with van der Waals surface area (Å²) in [6.45, 7) is 2.09. The van der Waals surface area contributed by atoms with Crippen molar-refractivity contribution in [2.24, 2.45) is 0 Å². The summed E-state index contributed by atoms with van der Waals surface area (Å²) in [6, 6.07) is 22.1. The molecular weight excluding hydrogens is 300 g/mol. The van der Waals surface area contributed by atoms with Crippen LogP contribution in [0.15, 0.2) is 72.8 Å². The van der Waals surface area contributed by atoms with Gasteiger partial charge in [-0.05, 0) is 47.4 Å². The van der Waals surface area contributed by atoms with Crippen LogP contribution in [0.4, 0.5) is 0 Å². The van der Waals surface area contributed by atoms with E-state index in [1.165, 1.54) is 6.07 Å². The van der Waals surface area contributed by atoms with Crippen LogP contribution in [0.3, 0.4) is 0 Å². The van der Waals surface area contributed by atoms with Crippen molar-refractivity contribution in [3.05, 3.63) is 89.5 Å². The second-order valence-electron chi connectivity index (χ2n) is 5.88. The average molecular weight is 320 g/mol. The monoisotopic (exact) mass is 320 g/mol. The Hall–Kier alpha value is -2.94. The van der Waals surface area contributed by atoms with Gasteiger partial charge < -0.3 is 15.3 Å². The molecular formula is C21H20O3. The van der Waals surface area contributed by atoms with Crippen molar-refractivity contribution >= 4 is 0 Å². The minimum Gasteiger partial charge on any atom is -0.508 e. The van der Waals surface area contributed by atoms with Crippen LogP contribution in [-0.2, 0) is 5.41 Å². The lowest BCUT2D eigenvalue weighted by Gasteiger charge is -2.35. The van der Waals surface area contributed by atoms with Gasteiger partial charge in [0.05, 0.1) is 0 Å². The fourth-order valence-electron chi connectivity index (χ4n) is 3.37. The van der Waals surface area contributed by atoms with Crippen LogP contribution in [-0.4, -0.2) is 15.3 Å². The molecule has 3 aromatic rings. The van der Waals surface area contributed by atoms with Crippen LogP contribution >= 0.6 is 0 Å². The predicted octanol–water partition coefficient (Wildman–Crippen LogP) is 4.55. The molecule has 3 aromatic carbocycles. The summed E-state index contributed by atoms with van der Waals surface area (Å²) in [4.78, 5) is 0. The average Bonchev–Trinajstić information content (AvgIpc) is 2.61. The molecule has 0 aliphatic heterocycles. The standard InChI is InChI=1S/C21H20O3/c1-2-21(15-6-4-3-5-7-15,16-8-11-18(22)12-9-16)17-10-13-19(23)20(24)14-17/h3-14,22-24H,2H2,1H3. The molecule has 0 aliphatic carbocycles. The third-order valence-corrected chi connectivity index (χ3v) is 4.63. The normalized spacial score (nSPS) is 13.4. The third kappa shape index (κ3) is 2.58. The molecule has 0 saturated carbocycles. The van der Waals surface area contributed by atoms with E-state index in [4.69, 9.17) is 0 Å². The van der Waals surface area contributed by atoms with Crippen molar-refractivity contribution in [3.63, 3.8) is 0 Å². The third-order valence-electron chi connectivity index (χ3n) is 4.63. The molecule has 24 heavy (non-hydrogen) atoms. The van der Waals surface area contributed by atoms with E-state index in [1.54, 1.807) is 18.2 Å². The molecule has 0 heterocycles. The van der Waals surface area contributed by atoms with E-state index in [2.05, 4.69) is 19.1 Å². The number of benzene rings is 3. The van der Waals surface area contributed by atoms with Crippen molar-refractivity contribution in [2.75, 3.05) is 0 Å². The Morgan fingerprint density at radius 3 is 1.83 bits per heavy atom. The molecule has 0 fully saturated rings. The lowest BCUT2D eigenvalue weighted by atomic mass is 9.67. The van der Waals surface area contributed by atoms with E-state index in [0.717, 1.165) is 23.1 Å². The van der Waals surface area contributed by atoms with Gasteiger partial charge in [-0.15, -0.1) is 0 Å². The summed E-state index contributed by atoms with van der Waals surface area (Å²) < 4.78 is 0. The number of rotatable bonds is 4. The molecule has 1 atom stereocenters. The number of phenols is 3. The number of phenolic OH excluding ortho intramolecular Hbond substituents is 3. The Morgan fingerprint density at radius 2 is 1.25 bits per heavy atom. The summed E-state index contributed by atoms with van der Waals surface area (Å²) in [5.41, 5.74) is 2.50. The van der Waals surface area contributed by atoms with Crippen molar-refractivity contribution < 1.29 is 15.3 Å². The van der Waals surface area contributed by atoms with E-state index in [1.807, 2.05) is 36.4 Å². The summed E-state index contributed by atoms with van der Waals surface area (Å²) >= 11 is 0. The maximum absolute atomic E-state index is 10.0. The van der Waals surface area contributed by atoms with Crippen LogP contribution < -0.4 is 0 Å². The van der Waals surface area contributed by atoms with Gasteiger partial charge in [0.15, 0.2) is 11.5 Å². The quantitative estimate of drug-likeness (QED) is 0.488. The second kappa shape index (κ2) is 6.28. The van der Waals surface area contributed by atoms with Crippen molar-refractivity contribution in [3.8, 4) is 17.2 Å².